The van der Waals surface area contributed by atoms with E-state index < -0.39 is 60.2 Å². The van der Waals surface area contributed by atoms with Crippen LogP contribution < -0.4 is 35.9 Å². The summed E-state index contributed by atoms with van der Waals surface area (Å²) in [5.41, 5.74) is 20.1. The van der Waals surface area contributed by atoms with Crippen molar-refractivity contribution >= 4 is 169 Å². The zero-order valence-electron chi connectivity index (χ0n) is 72.1. The van der Waals surface area contributed by atoms with Gasteiger partial charge >= 0.3 is 0 Å². The molecule has 0 fully saturated rings. The third-order valence-electron chi connectivity index (χ3n) is 20.4. The molecular formula is C88H94N22O8S6. The molecule has 36 heteroatoms. The van der Waals surface area contributed by atoms with Crippen LogP contribution >= 0.6 is 34.0 Å². The van der Waals surface area contributed by atoms with Crippen LogP contribution in [0.3, 0.4) is 0 Å². The molecule has 0 unspecified atom stereocenters. The lowest BCUT2D eigenvalue weighted by Gasteiger charge is -2.27. The number of nitriles is 2. The molecule has 0 spiro atoms. The van der Waals surface area contributed by atoms with Crippen molar-refractivity contribution in [1.29, 1.82) is 10.5 Å². The van der Waals surface area contributed by atoms with Gasteiger partial charge in [-0.2, -0.15) is 30.1 Å². The third kappa shape index (κ3) is 18.7. The molecule has 0 amide bonds. The average Bonchev–Trinajstić information content (AvgIpc) is 1.55. The maximum Gasteiger partial charge on any atom is 0.241 e. The standard InChI is InChI=1S/C46H46N12O4S4.C42H48N10O4S2/c1-23-15-25(3)38(26(4)16-23)53-42-39(54-55-43-32(22-47)41(46(8,9)10)56-58(43)45-51-34-14-12-31(66(49,61)62)21-36(34)64-45)27(5)19-37(52-42)57(40-28(6)17-24(2)18-29(40)7)44-50-33-13-11-30(65(48,59)60)20-35(33)63-44;1-22-13-24(3)35(25(4)14-22)45-34-17-28(7)37(39(46-34)47-36-26(5)15-23(2)16-27(36)6)48-49-40-31(19-43)38(42(8,9)10)50-52(40)41-44-32-12-11-30(18-33(32)57-41)58(55,56)51-29(20-53)21-54/h11-21H,1-10H3,(H,52,53)(H2,48,59,60)(H2,49,61,62);11-18,29,51,53-54H,20-21H2,1-10H3,(H2,45,46,47). The first kappa shape index (κ1) is 89.7. The zero-order chi connectivity index (χ0) is 90.0. The van der Waals surface area contributed by atoms with Crippen LogP contribution in [0.5, 0.6) is 0 Å². The van der Waals surface area contributed by atoms with E-state index in [-0.39, 0.29) is 37.4 Å². The molecule has 14 rings (SSSR count). The van der Waals surface area contributed by atoms with Crippen molar-refractivity contribution in [3.63, 3.8) is 0 Å². The highest BCUT2D eigenvalue weighted by atomic mass is 32.2. The molecule has 7 heterocycles. The first-order chi connectivity index (χ1) is 58.2. The number of aromatic nitrogens is 9. The Morgan fingerprint density at radius 2 is 0.815 bits per heavy atom. The smallest absolute Gasteiger partial charge is 0.241 e. The number of aryl methyl sites for hydroxylation is 14. The summed E-state index contributed by atoms with van der Waals surface area (Å²) in [6.07, 6.45) is 0. The average molecular weight is 1780 g/mol. The Bertz CT molecular complexity index is 7100. The fourth-order valence-corrected chi connectivity index (χ4v) is 20.4. The van der Waals surface area contributed by atoms with Gasteiger partial charge < -0.3 is 26.2 Å². The number of anilines is 9. The van der Waals surface area contributed by atoms with Crippen LogP contribution in [0.4, 0.5) is 74.2 Å². The second-order valence-electron chi connectivity index (χ2n) is 33.0. The van der Waals surface area contributed by atoms with Gasteiger partial charge in [0.15, 0.2) is 28.4 Å². The van der Waals surface area contributed by atoms with Gasteiger partial charge in [-0.15, -0.1) is 20.5 Å². The van der Waals surface area contributed by atoms with E-state index in [1.165, 1.54) is 74.0 Å². The van der Waals surface area contributed by atoms with Gasteiger partial charge in [0, 0.05) is 27.9 Å². The van der Waals surface area contributed by atoms with E-state index in [0.717, 1.165) is 101 Å². The van der Waals surface area contributed by atoms with Crippen LogP contribution in [0.25, 0.3) is 40.9 Å². The summed E-state index contributed by atoms with van der Waals surface area (Å²) in [4.78, 5) is 26.7. The number of thiazole rings is 3. The van der Waals surface area contributed by atoms with Crippen molar-refractivity contribution < 1.29 is 35.5 Å². The predicted molar refractivity (Wildman–Crippen MR) is 492 cm³/mol. The van der Waals surface area contributed by atoms with Crippen molar-refractivity contribution in [1.82, 2.24) is 49.2 Å². The lowest BCUT2D eigenvalue weighted by Crippen LogP contribution is -2.39. The van der Waals surface area contributed by atoms with Crippen molar-refractivity contribution in [3.8, 4) is 22.4 Å². The minimum Gasteiger partial charge on any atom is -0.395 e. The fraction of sp³-hybridized carbons (Fsp3) is 0.284. The van der Waals surface area contributed by atoms with Gasteiger partial charge in [-0.1, -0.05) is 146 Å². The number of pyridine rings is 2. The normalized spacial score (nSPS) is 12.3. The zero-order valence-corrected chi connectivity index (χ0v) is 77.0. The number of sulfonamides is 3. The number of fused-ring (bicyclic) bond motifs is 3. The van der Waals surface area contributed by atoms with E-state index in [4.69, 9.17) is 65.9 Å². The molecule has 10 N–H and O–H groups in total. The Morgan fingerprint density at radius 1 is 0.452 bits per heavy atom. The highest BCUT2D eigenvalue weighted by molar-refractivity contribution is 7.90. The number of hydrogen-bond donors (Lipinski definition) is 8. The predicted octanol–water partition coefficient (Wildman–Crippen LogP) is 19.5. The van der Waals surface area contributed by atoms with Crippen LogP contribution in [0, 0.1) is 120 Å². The second-order valence-corrected chi connectivity index (χ2v) is 40.9. The van der Waals surface area contributed by atoms with Crippen molar-refractivity contribution in [3.05, 3.63) is 216 Å². The number of primary sulfonamides is 2. The number of aliphatic hydroxyl groups excluding tert-OH is 2. The molecular weight excluding hydrogens is 1690 g/mol. The summed E-state index contributed by atoms with van der Waals surface area (Å²) >= 11 is 3.63. The molecule has 30 nitrogen and oxygen atoms in total. The number of azo groups is 2. The molecule has 0 saturated heterocycles. The molecule has 0 bridgehead atoms. The summed E-state index contributed by atoms with van der Waals surface area (Å²) in [6, 6.07) is 37.6. The van der Waals surface area contributed by atoms with E-state index in [2.05, 4.69) is 109 Å². The Kier molecular flexibility index (Phi) is 25.0. The Balaban J connectivity index is 0.000000215. The highest BCUT2D eigenvalue weighted by Crippen LogP contribution is 2.48. The number of benzene rings is 7. The maximum absolute atomic E-state index is 13.1. The molecule has 7 aromatic carbocycles. The highest BCUT2D eigenvalue weighted by Gasteiger charge is 2.34. The number of nitrogens with zero attached hydrogens (tertiary/aromatic N) is 16. The van der Waals surface area contributed by atoms with Crippen molar-refractivity contribution in [2.45, 2.75) is 170 Å². The minimum absolute atomic E-state index is 0.0201. The maximum atomic E-state index is 13.1. The van der Waals surface area contributed by atoms with Gasteiger partial charge in [-0.25, -0.2) is 65.2 Å². The summed E-state index contributed by atoms with van der Waals surface area (Å²) < 4.78 is 82.3. The van der Waals surface area contributed by atoms with Gasteiger partial charge in [-0.3, -0.25) is 4.90 Å². The second kappa shape index (κ2) is 34.6. The van der Waals surface area contributed by atoms with Gasteiger partial charge in [0.25, 0.3) is 0 Å². The number of rotatable bonds is 22. The summed E-state index contributed by atoms with van der Waals surface area (Å²) in [7, 11) is -12.0. The minimum atomic E-state index is -4.08. The topological polar surface area (TPSA) is 443 Å². The Hall–Kier alpha value is -12.0. The number of nitrogens with one attached hydrogen (secondary N) is 4. The molecule has 0 saturated carbocycles. The molecule has 0 aliphatic rings. The molecule has 0 atom stereocenters. The monoisotopic (exact) mass is 1780 g/mol. The third-order valence-corrected chi connectivity index (χ3v) is 26.7. The van der Waals surface area contributed by atoms with Crippen LogP contribution in [0.2, 0.25) is 0 Å². The summed E-state index contributed by atoms with van der Waals surface area (Å²) in [5, 5.41) is 91.9. The van der Waals surface area contributed by atoms with Gasteiger partial charge in [0.05, 0.1) is 81.7 Å². The Morgan fingerprint density at radius 3 is 1.21 bits per heavy atom. The molecule has 0 radical (unpaired) electrons. The number of nitrogens with two attached hydrogens (primary N) is 2. The lowest BCUT2D eigenvalue weighted by molar-refractivity contribution is 0.185. The van der Waals surface area contributed by atoms with Crippen molar-refractivity contribution in [2.75, 3.05) is 34.1 Å². The first-order valence-corrected chi connectivity index (χ1v) is 46.2. The van der Waals surface area contributed by atoms with Gasteiger partial charge in [-0.05, 0) is 219 Å². The number of hydrogen-bond acceptors (Lipinski definition) is 28. The number of aliphatic hydroxyl groups is 2. The molecule has 124 heavy (non-hydrogen) atoms. The van der Waals surface area contributed by atoms with Crippen molar-refractivity contribution in [2.24, 2.45) is 30.7 Å². The quantitative estimate of drug-likeness (QED) is 0.0292. The van der Waals surface area contributed by atoms with Crippen LogP contribution in [0.15, 0.2) is 150 Å². The van der Waals surface area contributed by atoms with Gasteiger partial charge in [0.1, 0.15) is 46.3 Å². The van der Waals surface area contributed by atoms with E-state index in [0.29, 0.717) is 97.6 Å². The summed E-state index contributed by atoms with van der Waals surface area (Å²) in [6.45, 7) is 38.8. The van der Waals surface area contributed by atoms with Crippen LogP contribution in [-0.2, 0) is 40.9 Å². The molecule has 14 aromatic rings. The molecule has 7 aromatic heterocycles. The molecule has 0 aliphatic heterocycles. The van der Waals surface area contributed by atoms with Gasteiger partial charge in [0.2, 0.25) is 40.3 Å². The first-order valence-electron chi connectivity index (χ1n) is 39.1. The van der Waals surface area contributed by atoms with E-state index in [1.807, 2.05) is 128 Å². The molecule has 0 aliphatic carbocycles. The SMILES string of the molecule is Cc1cc(C)c(Nc2cc(C)c(N=Nc3c(C#N)c(C(C)(C)C)nn3-c3nc4ccc(S(=O)(=O)NC(CO)CO)cc4s3)c(Nc3c(C)cc(C)cc3C)n2)c(C)c1.Cc1cc(C)c(Nc2nc(N(c3nc4ccc(S(N)(=O)=O)cc4s3)c3c(C)cc(C)cc3C)cc(C)c2N=Nc2c(C#N)c(C(C)(C)C)nn2-c2nc3ccc(S(N)(=O)=O)cc3s2)c(C)c1. The van der Waals surface area contributed by atoms with E-state index >= 15 is 0 Å². The fourth-order valence-electron chi connectivity index (χ4n) is 14.9. The van der Waals surface area contributed by atoms with E-state index in [1.54, 1.807) is 18.2 Å². The Labute approximate surface area is 731 Å². The van der Waals surface area contributed by atoms with E-state index in [9.17, 15) is 46.0 Å². The van der Waals surface area contributed by atoms with Crippen LogP contribution in [-0.4, -0.2) is 99.2 Å². The molecule has 640 valence electrons. The lowest BCUT2D eigenvalue weighted by atomic mass is 9.89. The largest absolute Gasteiger partial charge is 0.395 e. The summed E-state index contributed by atoms with van der Waals surface area (Å²) in [5.74, 6) is 2.18. The van der Waals surface area contributed by atoms with Crippen LogP contribution in [0.1, 0.15) is 142 Å².